The first-order valence-electron chi connectivity index (χ1n) is 6.21. The van der Waals surface area contributed by atoms with Gasteiger partial charge in [0.05, 0.1) is 6.61 Å². The number of hydrogen-bond donors (Lipinski definition) is 1. The van der Waals surface area contributed by atoms with Crippen LogP contribution in [0.3, 0.4) is 0 Å². The highest BCUT2D eigenvalue weighted by atomic mass is 79.9. The van der Waals surface area contributed by atoms with Crippen LogP contribution in [0.15, 0.2) is 16.7 Å². The number of halogens is 1. The molecule has 1 N–H and O–H groups in total. The van der Waals surface area contributed by atoms with Crippen LogP contribution >= 0.6 is 15.9 Å². The van der Waals surface area contributed by atoms with Gasteiger partial charge in [0, 0.05) is 22.8 Å². The Morgan fingerprint density at radius 2 is 2.35 bits per heavy atom. The van der Waals surface area contributed by atoms with E-state index in [9.17, 15) is 0 Å². The molecule has 0 atom stereocenters. The fraction of sp³-hybridized carbons (Fsp3) is 0.615. The van der Waals surface area contributed by atoms with Crippen LogP contribution in [0.4, 0.5) is 0 Å². The van der Waals surface area contributed by atoms with E-state index >= 15 is 0 Å². The molecule has 94 valence electrons. The maximum Gasteiger partial charge on any atom is 0.217 e. The summed E-state index contributed by atoms with van der Waals surface area (Å²) >= 11 is 3.43. The second kappa shape index (κ2) is 6.36. The van der Waals surface area contributed by atoms with Gasteiger partial charge in [-0.05, 0) is 41.4 Å². The van der Waals surface area contributed by atoms with E-state index in [4.69, 9.17) is 4.74 Å². The van der Waals surface area contributed by atoms with Crippen LogP contribution in [0.1, 0.15) is 31.2 Å². The molecule has 0 radical (unpaired) electrons. The van der Waals surface area contributed by atoms with E-state index < -0.39 is 0 Å². The third-order valence-electron chi connectivity index (χ3n) is 3.25. The number of pyridine rings is 1. The summed E-state index contributed by atoms with van der Waals surface area (Å²) in [5.41, 5.74) is 1.11. The highest BCUT2D eigenvalue weighted by Gasteiger charge is 2.17. The van der Waals surface area contributed by atoms with Crippen LogP contribution in [0.2, 0.25) is 0 Å². The first kappa shape index (κ1) is 12.8. The zero-order valence-electron chi connectivity index (χ0n) is 10.2. The molecular weight excluding hydrogens is 280 g/mol. The fourth-order valence-corrected chi connectivity index (χ4v) is 2.40. The highest BCUT2D eigenvalue weighted by Crippen LogP contribution is 2.29. The first-order chi connectivity index (χ1) is 8.29. The molecular formula is C13H19BrN2O. The van der Waals surface area contributed by atoms with Crippen molar-refractivity contribution in [2.45, 2.75) is 32.2 Å². The Labute approximate surface area is 111 Å². The van der Waals surface area contributed by atoms with E-state index in [0.29, 0.717) is 0 Å². The summed E-state index contributed by atoms with van der Waals surface area (Å²) in [6.07, 6.45) is 7.10. The first-order valence-corrected chi connectivity index (χ1v) is 7.00. The molecule has 0 amide bonds. The Kier molecular flexibility index (Phi) is 4.80. The van der Waals surface area contributed by atoms with Crippen LogP contribution in [0.5, 0.6) is 5.88 Å². The molecule has 1 saturated carbocycles. The maximum atomic E-state index is 5.78. The Balaban J connectivity index is 1.88. The summed E-state index contributed by atoms with van der Waals surface area (Å²) in [4.78, 5) is 4.33. The average Bonchev–Trinajstić information content (AvgIpc) is 2.25. The third kappa shape index (κ3) is 3.68. The van der Waals surface area contributed by atoms with Crippen molar-refractivity contribution in [3.8, 4) is 5.88 Å². The van der Waals surface area contributed by atoms with Crippen LogP contribution in [0, 0.1) is 5.92 Å². The van der Waals surface area contributed by atoms with Crippen molar-refractivity contribution >= 4 is 15.9 Å². The largest absolute Gasteiger partial charge is 0.477 e. The van der Waals surface area contributed by atoms with Gasteiger partial charge < -0.3 is 10.1 Å². The van der Waals surface area contributed by atoms with E-state index in [1.54, 1.807) is 6.20 Å². The molecule has 17 heavy (non-hydrogen) atoms. The Morgan fingerprint density at radius 3 is 3.00 bits per heavy atom. The lowest BCUT2D eigenvalue weighted by atomic mass is 9.83. The van der Waals surface area contributed by atoms with Gasteiger partial charge in [-0.3, -0.25) is 0 Å². The molecule has 1 fully saturated rings. The lowest BCUT2D eigenvalue weighted by molar-refractivity contribution is 0.216. The van der Waals surface area contributed by atoms with Gasteiger partial charge in [-0.2, -0.15) is 0 Å². The Bertz CT molecular complexity index is 366. The van der Waals surface area contributed by atoms with Gasteiger partial charge in [-0.15, -0.1) is 0 Å². The van der Waals surface area contributed by atoms with Crippen molar-refractivity contribution in [1.82, 2.24) is 10.3 Å². The standard InChI is InChI=1S/C13H19BrN2O/c1-15-8-11-7-12(14)9-16-13(11)17-6-5-10-3-2-4-10/h7,9-10,15H,2-6,8H2,1H3. The summed E-state index contributed by atoms with van der Waals surface area (Å²) in [5.74, 6) is 1.65. The summed E-state index contributed by atoms with van der Waals surface area (Å²) in [6.45, 7) is 1.57. The molecule has 0 spiro atoms. The van der Waals surface area contributed by atoms with Crippen molar-refractivity contribution in [1.29, 1.82) is 0 Å². The normalized spacial score (nSPS) is 15.6. The third-order valence-corrected chi connectivity index (χ3v) is 3.68. The van der Waals surface area contributed by atoms with Crippen LogP contribution in [-0.2, 0) is 6.54 Å². The van der Waals surface area contributed by atoms with Gasteiger partial charge in [0.1, 0.15) is 0 Å². The van der Waals surface area contributed by atoms with Gasteiger partial charge in [0.2, 0.25) is 5.88 Å². The van der Waals surface area contributed by atoms with E-state index in [1.807, 2.05) is 7.05 Å². The maximum absolute atomic E-state index is 5.78. The lowest BCUT2D eigenvalue weighted by Gasteiger charge is -2.25. The van der Waals surface area contributed by atoms with Gasteiger partial charge >= 0.3 is 0 Å². The quantitative estimate of drug-likeness (QED) is 0.876. The molecule has 1 aliphatic carbocycles. The summed E-state index contributed by atoms with van der Waals surface area (Å²) < 4.78 is 6.77. The smallest absolute Gasteiger partial charge is 0.217 e. The van der Waals surface area contributed by atoms with E-state index in [1.165, 1.54) is 19.3 Å². The second-order valence-corrected chi connectivity index (χ2v) is 5.50. The van der Waals surface area contributed by atoms with Crippen molar-refractivity contribution in [3.05, 3.63) is 22.3 Å². The van der Waals surface area contributed by atoms with Gasteiger partial charge in [-0.25, -0.2) is 4.98 Å². The second-order valence-electron chi connectivity index (χ2n) is 4.58. The van der Waals surface area contributed by atoms with E-state index in [-0.39, 0.29) is 0 Å². The van der Waals surface area contributed by atoms with Gasteiger partial charge in [-0.1, -0.05) is 19.3 Å². The van der Waals surface area contributed by atoms with Crippen LogP contribution in [0.25, 0.3) is 0 Å². The predicted molar refractivity (Wildman–Crippen MR) is 72.2 cm³/mol. The number of aromatic nitrogens is 1. The molecule has 0 saturated heterocycles. The summed E-state index contributed by atoms with van der Waals surface area (Å²) in [6, 6.07) is 2.06. The molecule has 0 unspecified atom stereocenters. The molecule has 1 aromatic rings. The van der Waals surface area contributed by atoms with E-state index in [0.717, 1.165) is 41.4 Å². The molecule has 1 aliphatic rings. The molecule has 0 bridgehead atoms. The zero-order valence-corrected chi connectivity index (χ0v) is 11.8. The number of rotatable bonds is 6. The van der Waals surface area contributed by atoms with Gasteiger partial charge in [0.15, 0.2) is 0 Å². The minimum Gasteiger partial charge on any atom is -0.477 e. The molecule has 2 rings (SSSR count). The SMILES string of the molecule is CNCc1cc(Br)cnc1OCCC1CCC1. The van der Waals surface area contributed by atoms with Crippen molar-refractivity contribution < 1.29 is 4.74 Å². The van der Waals surface area contributed by atoms with Crippen molar-refractivity contribution in [2.75, 3.05) is 13.7 Å². The monoisotopic (exact) mass is 298 g/mol. The fourth-order valence-electron chi connectivity index (χ4n) is 2.02. The molecule has 4 heteroatoms. The highest BCUT2D eigenvalue weighted by molar-refractivity contribution is 9.10. The molecule has 1 heterocycles. The van der Waals surface area contributed by atoms with Crippen LogP contribution < -0.4 is 10.1 Å². The number of hydrogen-bond acceptors (Lipinski definition) is 3. The summed E-state index contributed by atoms with van der Waals surface area (Å²) in [7, 11) is 1.93. The topological polar surface area (TPSA) is 34.2 Å². The lowest BCUT2D eigenvalue weighted by Crippen LogP contribution is -2.15. The average molecular weight is 299 g/mol. The van der Waals surface area contributed by atoms with Crippen molar-refractivity contribution in [3.63, 3.8) is 0 Å². The Hall–Kier alpha value is -0.610. The van der Waals surface area contributed by atoms with Crippen LogP contribution in [-0.4, -0.2) is 18.6 Å². The van der Waals surface area contributed by atoms with Crippen molar-refractivity contribution in [2.24, 2.45) is 5.92 Å². The number of nitrogens with zero attached hydrogens (tertiary/aromatic N) is 1. The predicted octanol–water partition coefficient (Wildman–Crippen LogP) is 3.13. The zero-order chi connectivity index (χ0) is 12.1. The summed E-state index contributed by atoms with van der Waals surface area (Å²) in [5, 5.41) is 3.13. The number of ether oxygens (including phenoxy) is 1. The van der Waals surface area contributed by atoms with Gasteiger partial charge in [0.25, 0.3) is 0 Å². The molecule has 1 aromatic heterocycles. The van der Waals surface area contributed by atoms with E-state index in [2.05, 4.69) is 32.3 Å². The molecule has 0 aliphatic heterocycles. The minimum absolute atomic E-state index is 0.766. The molecule has 0 aromatic carbocycles. The minimum atomic E-state index is 0.766. The molecule has 3 nitrogen and oxygen atoms in total. The number of nitrogens with one attached hydrogen (secondary N) is 1. The Morgan fingerprint density at radius 1 is 1.53 bits per heavy atom.